The highest BCUT2D eigenvalue weighted by molar-refractivity contribution is 7.16. The lowest BCUT2D eigenvalue weighted by Crippen LogP contribution is -2.25. The van der Waals surface area contributed by atoms with E-state index in [2.05, 4.69) is 22.9 Å². The number of nitrogens with two attached hydrogens (primary N) is 1. The zero-order chi connectivity index (χ0) is 22.2. The molecule has 0 saturated carbocycles. The molecule has 3 heterocycles. The number of hydrogen-bond acceptors (Lipinski definition) is 5. The third-order valence-electron chi connectivity index (χ3n) is 5.94. The minimum atomic E-state index is 0.0147. The van der Waals surface area contributed by atoms with Crippen LogP contribution in [0.3, 0.4) is 0 Å². The molecule has 0 radical (unpaired) electrons. The van der Waals surface area contributed by atoms with Crippen molar-refractivity contribution in [1.29, 1.82) is 5.41 Å². The van der Waals surface area contributed by atoms with Gasteiger partial charge in [0.1, 0.15) is 5.84 Å². The predicted molar refractivity (Wildman–Crippen MR) is 132 cm³/mol. The van der Waals surface area contributed by atoms with E-state index in [-0.39, 0.29) is 5.91 Å². The third kappa shape index (κ3) is 3.76. The lowest BCUT2D eigenvalue weighted by molar-refractivity contribution is 0.0767. The van der Waals surface area contributed by atoms with Crippen LogP contribution in [0.1, 0.15) is 39.2 Å². The lowest BCUT2D eigenvalue weighted by atomic mass is 10.1. The summed E-state index contributed by atoms with van der Waals surface area (Å²) in [5.74, 6) is 0.677. The molecular formula is C25H25N5OS. The molecule has 2 aliphatic heterocycles. The molecule has 1 fully saturated rings. The second-order valence-corrected chi connectivity index (χ2v) is 9.29. The lowest BCUT2D eigenvalue weighted by Gasteiger charge is -2.20. The maximum absolute atomic E-state index is 13.3. The molecule has 0 bridgehead atoms. The van der Waals surface area contributed by atoms with Gasteiger partial charge >= 0.3 is 0 Å². The summed E-state index contributed by atoms with van der Waals surface area (Å²) in [6.07, 6.45) is 1.84. The first-order chi connectivity index (χ1) is 15.5. The number of amides is 1. The Bertz CT molecular complexity index is 1230. The van der Waals surface area contributed by atoms with Crippen LogP contribution >= 0.6 is 11.3 Å². The Morgan fingerprint density at radius 3 is 2.78 bits per heavy atom. The van der Waals surface area contributed by atoms with E-state index in [1.807, 2.05) is 53.4 Å². The number of amidine groups is 1. The molecule has 1 aromatic heterocycles. The summed E-state index contributed by atoms with van der Waals surface area (Å²) >= 11 is 1.46. The molecule has 1 amide bonds. The Morgan fingerprint density at radius 1 is 1.19 bits per heavy atom. The first kappa shape index (κ1) is 20.3. The zero-order valence-corrected chi connectivity index (χ0v) is 18.5. The number of nitrogen functional groups attached to an aromatic ring is 1. The summed E-state index contributed by atoms with van der Waals surface area (Å²) < 4.78 is 0. The fourth-order valence-electron chi connectivity index (χ4n) is 4.39. The SMILES string of the molecule is C=C(Nc1cccc2c1C(=O)N(Cc1cccc(N3CCCC3=N)c1)C2)c1ccc(N)s1. The van der Waals surface area contributed by atoms with Crippen molar-refractivity contribution in [2.24, 2.45) is 0 Å². The van der Waals surface area contributed by atoms with Crippen molar-refractivity contribution in [3.05, 3.63) is 82.7 Å². The first-order valence-corrected chi connectivity index (χ1v) is 11.5. The van der Waals surface area contributed by atoms with Crippen LogP contribution < -0.4 is 16.0 Å². The normalized spacial score (nSPS) is 15.4. The largest absolute Gasteiger partial charge is 0.391 e. The van der Waals surface area contributed by atoms with E-state index in [4.69, 9.17) is 11.1 Å². The van der Waals surface area contributed by atoms with E-state index >= 15 is 0 Å². The minimum absolute atomic E-state index is 0.0147. The Hall–Kier alpha value is -3.58. The van der Waals surface area contributed by atoms with E-state index in [1.165, 1.54) is 11.3 Å². The average Bonchev–Trinajstić information content (AvgIpc) is 3.48. The van der Waals surface area contributed by atoms with Gasteiger partial charge in [-0.25, -0.2) is 0 Å². The third-order valence-corrected chi connectivity index (χ3v) is 6.91. The summed E-state index contributed by atoms with van der Waals surface area (Å²) in [6, 6.07) is 17.9. The molecular weight excluding hydrogens is 418 g/mol. The number of nitrogens with one attached hydrogen (secondary N) is 2. The van der Waals surface area contributed by atoms with Crippen LogP contribution in [-0.4, -0.2) is 23.2 Å². The van der Waals surface area contributed by atoms with E-state index < -0.39 is 0 Å². The minimum Gasteiger partial charge on any atom is -0.391 e. The van der Waals surface area contributed by atoms with Gasteiger partial charge in [-0.05, 0) is 47.9 Å². The summed E-state index contributed by atoms with van der Waals surface area (Å²) in [7, 11) is 0. The van der Waals surface area contributed by atoms with Crippen molar-refractivity contribution in [2.75, 3.05) is 22.5 Å². The Kier molecular flexibility index (Phi) is 5.19. The van der Waals surface area contributed by atoms with Crippen LogP contribution in [-0.2, 0) is 13.1 Å². The van der Waals surface area contributed by atoms with Crippen molar-refractivity contribution in [3.63, 3.8) is 0 Å². The molecule has 2 aliphatic rings. The van der Waals surface area contributed by atoms with Gasteiger partial charge < -0.3 is 20.9 Å². The second-order valence-electron chi connectivity index (χ2n) is 8.18. The molecule has 32 heavy (non-hydrogen) atoms. The van der Waals surface area contributed by atoms with E-state index in [1.54, 1.807) is 0 Å². The Balaban J connectivity index is 1.34. The van der Waals surface area contributed by atoms with Gasteiger partial charge in [-0.3, -0.25) is 10.2 Å². The number of nitrogens with zero attached hydrogens (tertiary/aromatic N) is 2. The predicted octanol–water partition coefficient (Wildman–Crippen LogP) is 5.15. The van der Waals surface area contributed by atoms with Gasteiger partial charge in [0.2, 0.25) is 0 Å². The summed E-state index contributed by atoms with van der Waals surface area (Å²) in [5, 5.41) is 12.2. The smallest absolute Gasteiger partial charge is 0.256 e. The molecule has 3 aromatic rings. The highest BCUT2D eigenvalue weighted by Gasteiger charge is 2.30. The molecule has 5 rings (SSSR count). The van der Waals surface area contributed by atoms with Gasteiger partial charge in [0.15, 0.2) is 0 Å². The van der Waals surface area contributed by atoms with Crippen molar-refractivity contribution >= 4 is 45.2 Å². The number of anilines is 3. The maximum atomic E-state index is 13.3. The highest BCUT2D eigenvalue weighted by atomic mass is 32.1. The van der Waals surface area contributed by atoms with Crippen LogP contribution in [0, 0.1) is 5.41 Å². The topological polar surface area (TPSA) is 85.5 Å². The average molecular weight is 444 g/mol. The fourth-order valence-corrected chi connectivity index (χ4v) is 5.09. The molecule has 1 saturated heterocycles. The molecule has 162 valence electrons. The van der Waals surface area contributed by atoms with Gasteiger partial charge in [0.05, 0.1) is 21.1 Å². The number of carbonyl (C=O) groups is 1. The monoisotopic (exact) mass is 443 g/mol. The first-order valence-electron chi connectivity index (χ1n) is 10.7. The van der Waals surface area contributed by atoms with E-state index in [0.717, 1.165) is 57.5 Å². The van der Waals surface area contributed by atoms with Crippen LogP contribution in [0.4, 0.5) is 16.4 Å². The van der Waals surface area contributed by atoms with Gasteiger partial charge in [-0.15, -0.1) is 11.3 Å². The fraction of sp³-hybridized carbons (Fsp3) is 0.200. The quantitative estimate of drug-likeness (QED) is 0.492. The number of fused-ring (bicyclic) bond motifs is 1. The molecule has 0 spiro atoms. The van der Waals surface area contributed by atoms with Crippen LogP contribution in [0.25, 0.3) is 5.70 Å². The number of hydrogen-bond donors (Lipinski definition) is 3. The number of thiophene rings is 1. The molecule has 0 atom stereocenters. The summed E-state index contributed by atoms with van der Waals surface area (Å²) in [5.41, 5.74) is 11.2. The molecule has 7 heteroatoms. The molecule has 0 unspecified atom stereocenters. The zero-order valence-electron chi connectivity index (χ0n) is 17.7. The Morgan fingerprint density at radius 2 is 2.03 bits per heavy atom. The van der Waals surface area contributed by atoms with Crippen molar-refractivity contribution in [2.45, 2.75) is 25.9 Å². The Labute approximate surface area is 191 Å². The summed E-state index contributed by atoms with van der Waals surface area (Å²) in [4.78, 5) is 18.2. The second kappa shape index (κ2) is 8.16. The molecule has 2 aromatic carbocycles. The van der Waals surface area contributed by atoms with Gasteiger partial charge in [0, 0.05) is 37.4 Å². The van der Waals surface area contributed by atoms with Gasteiger partial charge in [0.25, 0.3) is 5.91 Å². The van der Waals surface area contributed by atoms with Crippen molar-refractivity contribution in [3.8, 4) is 0 Å². The standard InChI is InChI=1S/C25H25N5OS/c1-16(21-10-11-23(27)32-21)28-20-8-3-6-18-15-29(25(31)24(18)20)14-17-5-2-7-19(13-17)30-12-4-9-22(30)26/h2-3,5-8,10-11,13,26,28H,1,4,9,12,14-15,27H2. The molecule has 6 nitrogen and oxygen atoms in total. The molecule has 0 aliphatic carbocycles. The van der Waals surface area contributed by atoms with E-state index in [0.29, 0.717) is 24.5 Å². The number of carbonyl (C=O) groups excluding carboxylic acids is 1. The van der Waals surface area contributed by atoms with E-state index in [9.17, 15) is 4.79 Å². The highest BCUT2D eigenvalue weighted by Crippen LogP contribution is 2.34. The number of rotatable bonds is 6. The summed E-state index contributed by atoms with van der Waals surface area (Å²) in [6.45, 7) is 6.11. The maximum Gasteiger partial charge on any atom is 0.256 e. The van der Waals surface area contributed by atoms with Crippen LogP contribution in [0.5, 0.6) is 0 Å². The number of benzene rings is 2. The van der Waals surface area contributed by atoms with Gasteiger partial charge in [-0.2, -0.15) is 0 Å². The van der Waals surface area contributed by atoms with Gasteiger partial charge in [-0.1, -0.05) is 30.8 Å². The van der Waals surface area contributed by atoms with Crippen molar-refractivity contribution < 1.29 is 4.79 Å². The van der Waals surface area contributed by atoms with Crippen molar-refractivity contribution in [1.82, 2.24) is 4.90 Å². The van der Waals surface area contributed by atoms with Crippen LogP contribution in [0.2, 0.25) is 0 Å². The van der Waals surface area contributed by atoms with Crippen LogP contribution in [0.15, 0.2) is 61.2 Å². The molecule has 4 N–H and O–H groups in total.